The van der Waals surface area contributed by atoms with Gasteiger partial charge in [-0.1, -0.05) is 33.3 Å². The molecule has 3 rings (SSSR count). The van der Waals surface area contributed by atoms with Gasteiger partial charge in [-0.05, 0) is 57.6 Å². The van der Waals surface area contributed by atoms with Gasteiger partial charge in [0.2, 0.25) is 0 Å². The fourth-order valence-corrected chi connectivity index (χ4v) is 5.80. The number of esters is 1. The average molecular weight is 534 g/mol. The van der Waals surface area contributed by atoms with Crippen molar-refractivity contribution in [1.82, 2.24) is 4.98 Å². The summed E-state index contributed by atoms with van der Waals surface area (Å²) in [6, 6.07) is 0. The van der Waals surface area contributed by atoms with Crippen LogP contribution in [-0.4, -0.2) is 57.0 Å². The van der Waals surface area contributed by atoms with E-state index in [1.54, 1.807) is 31.3 Å². The Labute approximate surface area is 225 Å². The van der Waals surface area contributed by atoms with E-state index < -0.39 is 35.6 Å². The third kappa shape index (κ3) is 7.59. The number of carbonyl (C=O) groups excluding carboxylic acids is 2. The summed E-state index contributed by atoms with van der Waals surface area (Å²) >= 11 is 1.55. The van der Waals surface area contributed by atoms with E-state index in [4.69, 9.17) is 9.47 Å². The lowest BCUT2D eigenvalue weighted by atomic mass is 9.71. The summed E-state index contributed by atoms with van der Waals surface area (Å²) in [5.41, 5.74) is -0.739. The molecule has 0 saturated carbocycles. The Morgan fingerprint density at radius 3 is 2.65 bits per heavy atom. The van der Waals surface area contributed by atoms with Crippen LogP contribution in [0, 0.1) is 24.2 Å². The van der Waals surface area contributed by atoms with E-state index in [0.717, 1.165) is 30.0 Å². The standard InChI is InChI=1S/C29H43NO6S/c1-7-8-11-22-26(33)18(2)10-9-14-29(6)24(36-29)15-21(13-12-20-17-37-19(3)30-20)35-25(32)16-23(31)28(4,5)27(22)34/h7,12-13,17-18,21-24,26,31,33H,1,8-11,14-16H2,2-6H3. The Balaban J connectivity index is 1.84. The molecule has 1 aromatic heterocycles. The van der Waals surface area contributed by atoms with Crippen LogP contribution >= 0.6 is 11.3 Å². The van der Waals surface area contributed by atoms with Crippen LogP contribution in [0.5, 0.6) is 0 Å². The summed E-state index contributed by atoms with van der Waals surface area (Å²) < 4.78 is 11.8. The number of hydrogen-bond donors (Lipinski definition) is 2. The monoisotopic (exact) mass is 533 g/mol. The zero-order valence-electron chi connectivity index (χ0n) is 22.8. The Bertz CT molecular complexity index is 987. The number of epoxide rings is 1. The molecule has 2 aliphatic heterocycles. The molecule has 7 unspecified atom stereocenters. The molecular weight excluding hydrogens is 490 g/mol. The molecule has 0 aliphatic carbocycles. The van der Waals surface area contributed by atoms with Crippen molar-refractivity contribution in [2.45, 2.75) is 110 Å². The third-order valence-corrected chi connectivity index (χ3v) is 8.85. The third-order valence-electron chi connectivity index (χ3n) is 8.06. The summed E-state index contributed by atoms with van der Waals surface area (Å²) in [5, 5.41) is 25.1. The first-order chi connectivity index (χ1) is 17.4. The van der Waals surface area contributed by atoms with Crippen molar-refractivity contribution in [2.24, 2.45) is 17.3 Å². The van der Waals surface area contributed by atoms with E-state index >= 15 is 0 Å². The van der Waals surface area contributed by atoms with Crippen molar-refractivity contribution in [3.05, 3.63) is 34.8 Å². The van der Waals surface area contributed by atoms with Crippen LogP contribution in [0.2, 0.25) is 0 Å². The van der Waals surface area contributed by atoms with Crippen molar-refractivity contribution in [3.8, 4) is 0 Å². The van der Waals surface area contributed by atoms with Gasteiger partial charge in [0.1, 0.15) is 11.9 Å². The Hall–Kier alpha value is -1.87. The molecule has 2 N–H and O–H groups in total. The van der Waals surface area contributed by atoms with Crippen LogP contribution in [-0.2, 0) is 19.1 Å². The summed E-state index contributed by atoms with van der Waals surface area (Å²) in [4.78, 5) is 31.0. The number of aliphatic hydroxyl groups is 2. The van der Waals surface area contributed by atoms with Crippen LogP contribution in [0.3, 0.4) is 0 Å². The zero-order valence-corrected chi connectivity index (χ0v) is 23.6. The molecule has 2 saturated heterocycles. The predicted molar refractivity (Wildman–Crippen MR) is 145 cm³/mol. The van der Waals surface area contributed by atoms with Gasteiger partial charge in [0.25, 0.3) is 0 Å². The number of ketones is 1. The van der Waals surface area contributed by atoms with E-state index in [-0.39, 0.29) is 29.8 Å². The normalized spacial score (nSPS) is 35.6. The average Bonchev–Trinajstić information content (AvgIpc) is 3.26. The minimum atomic E-state index is -1.25. The number of thiazole rings is 1. The second-order valence-electron chi connectivity index (χ2n) is 11.5. The smallest absolute Gasteiger partial charge is 0.309 e. The fraction of sp³-hybridized carbons (Fsp3) is 0.690. The maximum atomic E-state index is 13.6. The molecule has 2 aliphatic rings. The van der Waals surface area contributed by atoms with Gasteiger partial charge >= 0.3 is 5.97 Å². The molecule has 0 radical (unpaired) electrons. The van der Waals surface area contributed by atoms with Gasteiger partial charge in [-0.3, -0.25) is 9.59 Å². The van der Waals surface area contributed by atoms with E-state index in [1.807, 2.05) is 31.4 Å². The Kier molecular flexibility index (Phi) is 9.89. The summed E-state index contributed by atoms with van der Waals surface area (Å²) in [7, 11) is 0. The van der Waals surface area contributed by atoms with Crippen LogP contribution < -0.4 is 0 Å². The molecule has 0 spiro atoms. The van der Waals surface area contributed by atoms with Gasteiger partial charge in [0.15, 0.2) is 0 Å². The SMILES string of the molecule is C=CCCC1C(=O)C(C)(C)C(O)CC(=O)OC(C=Cc2csc(C)n2)CC2OC2(C)CCCC(C)C1O. The highest BCUT2D eigenvalue weighted by atomic mass is 32.1. The first-order valence-electron chi connectivity index (χ1n) is 13.4. The first-order valence-corrected chi connectivity index (χ1v) is 14.2. The Morgan fingerprint density at radius 2 is 2.00 bits per heavy atom. The number of aliphatic hydroxyl groups excluding tert-OH is 2. The Morgan fingerprint density at radius 1 is 1.27 bits per heavy atom. The molecule has 2 fully saturated rings. The molecule has 0 bridgehead atoms. The largest absolute Gasteiger partial charge is 0.458 e. The second kappa shape index (κ2) is 12.3. The first kappa shape index (κ1) is 29.7. The molecule has 0 amide bonds. The molecule has 37 heavy (non-hydrogen) atoms. The minimum absolute atomic E-state index is 0.0523. The van der Waals surface area contributed by atoms with Crippen molar-refractivity contribution >= 4 is 29.2 Å². The predicted octanol–water partition coefficient (Wildman–Crippen LogP) is 5.03. The molecule has 8 heteroatoms. The summed E-state index contributed by atoms with van der Waals surface area (Å²) in [5.74, 6) is -1.57. The van der Waals surface area contributed by atoms with Crippen LogP contribution in [0.15, 0.2) is 24.1 Å². The number of ether oxygens (including phenoxy) is 2. The number of hydrogen-bond acceptors (Lipinski definition) is 8. The summed E-state index contributed by atoms with van der Waals surface area (Å²) in [6.45, 7) is 13.0. The number of fused-ring (bicyclic) bond motifs is 1. The van der Waals surface area contributed by atoms with E-state index in [0.29, 0.717) is 19.3 Å². The second-order valence-corrected chi connectivity index (χ2v) is 12.5. The fourth-order valence-electron chi connectivity index (χ4n) is 5.22. The number of allylic oxidation sites excluding steroid dienone is 1. The highest BCUT2D eigenvalue weighted by Crippen LogP contribution is 2.44. The molecule has 7 atom stereocenters. The van der Waals surface area contributed by atoms with E-state index in [9.17, 15) is 19.8 Å². The van der Waals surface area contributed by atoms with E-state index in [2.05, 4.69) is 18.5 Å². The molecular formula is C29H43NO6S. The van der Waals surface area contributed by atoms with Gasteiger partial charge < -0.3 is 19.7 Å². The topological polar surface area (TPSA) is 109 Å². The molecule has 3 heterocycles. The van der Waals surface area contributed by atoms with Gasteiger partial charge in [-0.25, -0.2) is 4.98 Å². The highest BCUT2D eigenvalue weighted by molar-refractivity contribution is 7.09. The zero-order chi connectivity index (χ0) is 27.4. The van der Waals surface area contributed by atoms with Gasteiger partial charge in [0.05, 0.1) is 46.5 Å². The van der Waals surface area contributed by atoms with Crippen molar-refractivity contribution in [1.29, 1.82) is 0 Å². The number of aromatic nitrogens is 1. The minimum Gasteiger partial charge on any atom is -0.458 e. The summed E-state index contributed by atoms with van der Waals surface area (Å²) in [6.07, 6.45) is 6.35. The van der Waals surface area contributed by atoms with Crippen molar-refractivity contribution < 1.29 is 29.3 Å². The lowest BCUT2D eigenvalue weighted by molar-refractivity contribution is -0.154. The number of carbonyl (C=O) groups is 2. The van der Waals surface area contributed by atoms with Crippen LogP contribution in [0.25, 0.3) is 6.08 Å². The van der Waals surface area contributed by atoms with Crippen LogP contribution in [0.1, 0.15) is 83.3 Å². The molecule has 206 valence electrons. The molecule has 0 aromatic carbocycles. The number of cyclic esters (lactones) is 1. The number of rotatable bonds is 5. The van der Waals surface area contributed by atoms with Gasteiger partial charge in [-0.15, -0.1) is 17.9 Å². The molecule has 1 aromatic rings. The molecule has 7 nitrogen and oxygen atoms in total. The van der Waals surface area contributed by atoms with Crippen molar-refractivity contribution in [2.75, 3.05) is 0 Å². The highest BCUT2D eigenvalue weighted by Gasteiger charge is 2.52. The number of Topliss-reactive ketones (excluding diaryl/α,β-unsaturated/α-hetero) is 1. The van der Waals surface area contributed by atoms with E-state index in [1.165, 1.54) is 0 Å². The lowest BCUT2D eigenvalue weighted by Crippen LogP contribution is -2.46. The maximum absolute atomic E-state index is 13.6. The number of nitrogens with zero attached hydrogens (tertiary/aromatic N) is 1. The quantitative estimate of drug-likeness (QED) is 0.310. The number of aryl methyl sites for hydroxylation is 1. The van der Waals surface area contributed by atoms with Gasteiger partial charge in [0, 0.05) is 17.7 Å². The van der Waals surface area contributed by atoms with Gasteiger partial charge in [-0.2, -0.15) is 0 Å². The van der Waals surface area contributed by atoms with Crippen LogP contribution in [0.4, 0.5) is 0 Å². The lowest BCUT2D eigenvalue weighted by Gasteiger charge is -2.36. The van der Waals surface area contributed by atoms with Crippen molar-refractivity contribution in [3.63, 3.8) is 0 Å². The maximum Gasteiger partial charge on any atom is 0.309 e.